The lowest BCUT2D eigenvalue weighted by atomic mass is 9.94. The van der Waals surface area contributed by atoms with E-state index in [1.54, 1.807) is 23.1 Å². The van der Waals surface area contributed by atoms with E-state index in [4.69, 9.17) is 32.7 Å². The number of ether oxygens (including phenoxy) is 2. The summed E-state index contributed by atoms with van der Waals surface area (Å²) in [6.45, 7) is 3.11. The fourth-order valence-electron chi connectivity index (χ4n) is 3.96. The van der Waals surface area contributed by atoms with Crippen molar-refractivity contribution in [2.24, 2.45) is 0 Å². The summed E-state index contributed by atoms with van der Waals surface area (Å²) in [6.07, 6.45) is 1.03. The van der Waals surface area contributed by atoms with Crippen molar-refractivity contribution in [1.82, 2.24) is 10.2 Å². The van der Waals surface area contributed by atoms with E-state index in [2.05, 4.69) is 5.32 Å². The topological polar surface area (TPSA) is 88.1 Å². The van der Waals surface area contributed by atoms with Crippen LogP contribution in [0.1, 0.15) is 43.0 Å². The van der Waals surface area contributed by atoms with Crippen molar-refractivity contribution >= 4 is 35.0 Å². The number of carbonyl (C=O) groups excluding carboxylic acids is 2. The molecule has 0 radical (unpaired) electrons. The van der Waals surface area contributed by atoms with Crippen molar-refractivity contribution < 1.29 is 24.2 Å². The molecular weight excluding hydrogens is 431 g/mol. The number of benzene rings is 1. The average Bonchev–Trinajstić information content (AvgIpc) is 2.68. The summed E-state index contributed by atoms with van der Waals surface area (Å²) in [5.74, 6) is -0.304. The fraction of sp³-hybridized carbons (Fsp3) is 0.619. The van der Waals surface area contributed by atoms with E-state index in [1.165, 1.54) is 0 Å². The lowest BCUT2D eigenvalue weighted by molar-refractivity contribution is -0.150. The van der Waals surface area contributed by atoms with Gasteiger partial charge in [0.1, 0.15) is 6.10 Å². The molecule has 166 valence electrons. The van der Waals surface area contributed by atoms with Crippen LogP contribution in [0.2, 0.25) is 10.0 Å². The van der Waals surface area contributed by atoms with Gasteiger partial charge in [0.25, 0.3) is 5.91 Å². The van der Waals surface area contributed by atoms with Crippen LogP contribution in [0.5, 0.6) is 0 Å². The monoisotopic (exact) mass is 458 g/mol. The predicted molar refractivity (Wildman–Crippen MR) is 114 cm³/mol. The van der Waals surface area contributed by atoms with E-state index in [0.29, 0.717) is 35.0 Å². The first-order chi connectivity index (χ1) is 14.4. The van der Waals surface area contributed by atoms with Crippen molar-refractivity contribution in [2.75, 3.05) is 26.3 Å². The number of β-amino-alcohol motifs (C(OH)–C–C–N with tert-alkyl or cyclic N) is 1. The zero-order valence-corrected chi connectivity index (χ0v) is 18.5. The van der Waals surface area contributed by atoms with Gasteiger partial charge in [0.05, 0.1) is 37.9 Å². The van der Waals surface area contributed by atoms with Crippen LogP contribution in [0.15, 0.2) is 18.2 Å². The lowest BCUT2D eigenvalue weighted by Gasteiger charge is -2.44. The number of aliphatic hydroxyl groups excluding tert-OH is 1. The van der Waals surface area contributed by atoms with Crippen LogP contribution in [0.25, 0.3) is 0 Å². The van der Waals surface area contributed by atoms with Gasteiger partial charge in [-0.3, -0.25) is 9.59 Å². The second kappa shape index (κ2) is 10.8. The van der Waals surface area contributed by atoms with Gasteiger partial charge in [-0.1, -0.05) is 30.1 Å². The maximum atomic E-state index is 13.3. The van der Waals surface area contributed by atoms with Crippen LogP contribution in [-0.4, -0.2) is 72.5 Å². The van der Waals surface area contributed by atoms with E-state index in [0.717, 1.165) is 6.42 Å². The summed E-state index contributed by atoms with van der Waals surface area (Å²) < 4.78 is 11.8. The van der Waals surface area contributed by atoms with Gasteiger partial charge in [-0.05, 0) is 37.5 Å². The summed E-state index contributed by atoms with van der Waals surface area (Å²) in [7, 11) is 0. The highest BCUT2D eigenvalue weighted by molar-refractivity contribution is 6.35. The third-order valence-corrected chi connectivity index (χ3v) is 5.77. The lowest BCUT2D eigenvalue weighted by Crippen LogP contribution is -2.57. The molecule has 0 aromatic heterocycles. The van der Waals surface area contributed by atoms with Crippen LogP contribution >= 0.6 is 23.2 Å². The fourth-order valence-corrected chi connectivity index (χ4v) is 4.49. The van der Waals surface area contributed by atoms with Gasteiger partial charge in [0.2, 0.25) is 5.91 Å². The average molecular weight is 459 g/mol. The van der Waals surface area contributed by atoms with E-state index in [9.17, 15) is 14.7 Å². The van der Waals surface area contributed by atoms with Crippen LogP contribution in [0.3, 0.4) is 0 Å². The van der Waals surface area contributed by atoms with Crippen LogP contribution in [-0.2, 0) is 14.3 Å². The minimum atomic E-state index is -0.804. The molecule has 1 aromatic rings. The number of hydrogen-bond donors (Lipinski definition) is 2. The van der Waals surface area contributed by atoms with Gasteiger partial charge in [0, 0.05) is 28.7 Å². The Morgan fingerprint density at radius 3 is 2.63 bits per heavy atom. The molecule has 0 bridgehead atoms. The van der Waals surface area contributed by atoms with Gasteiger partial charge in [-0.15, -0.1) is 0 Å². The SMILES string of the molecule is CCCNC(=O)C[C@@H]1CC[C@H]2[C@@H](COC[C@@H](O)CN2C(=O)c2cc(Cl)cc(Cl)c2)O1. The van der Waals surface area contributed by atoms with Crippen molar-refractivity contribution in [3.63, 3.8) is 0 Å². The van der Waals surface area contributed by atoms with Gasteiger partial charge in [-0.2, -0.15) is 0 Å². The van der Waals surface area contributed by atoms with E-state index in [-0.39, 0.29) is 56.2 Å². The van der Waals surface area contributed by atoms with E-state index >= 15 is 0 Å². The summed E-state index contributed by atoms with van der Waals surface area (Å²) in [5, 5.41) is 13.9. The molecule has 2 N–H and O–H groups in total. The molecule has 2 aliphatic rings. The number of amides is 2. The first kappa shape index (κ1) is 23.3. The molecule has 3 rings (SSSR count). The van der Waals surface area contributed by atoms with Crippen molar-refractivity contribution in [3.05, 3.63) is 33.8 Å². The first-order valence-corrected chi connectivity index (χ1v) is 11.1. The maximum Gasteiger partial charge on any atom is 0.254 e. The van der Waals surface area contributed by atoms with E-state index < -0.39 is 6.10 Å². The quantitative estimate of drug-likeness (QED) is 0.707. The van der Waals surface area contributed by atoms with Crippen molar-refractivity contribution in [3.8, 4) is 0 Å². The molecule has 7 nitrogen and oxygen atoms in total. The third kappa shape index (κ3) is 6.08. The molecule has 0 spiro atoms. The standard InChI is InChI=1S/C21H28Cl2N2O5/c1-2-5-24-20(27)9-17-3-4-18-19(30-17)12-29-11-16(26)10-25(18)21(28)13-6-14(22)8-15(23)7-13/h6-8,16-19,26H,2-5,9-12H2,1H3,(H,24,27)/t16-,17-,18-,19+/m0/s1. The molecule has 2 amide bonds. The Kier molecular flexibility index (Phi) is 8.36. The smallest absolute Gasteiger partial charge is 0.254 e. The number of carbonyl (C=O) groups is 2. The van der Waals surface area contributed by atoms with Crippen molar-refractivity contribution in [2.45, 2.75) is 57.0 Å². The molecule has 30 heavy (non-hydrogen) atoms. The molecule has 9 heteroatoms. The molecule has 0 saturated carbocycles. The number of halogens is 2. The van der Waals surface area contributed by atoms with Gasteiger partial charge in [0.15, 0.2) is 0 Å². The Labute approximate surface area is 186 Å². The Bertz CT molecular complexity index is 743. The second-order valence-electron chi connectivity index (χ2n) is 7.80. The molecular formula is C21H28Cl2N2O5. The first-order valence-electron chi connectivity index (χ1n) is 10.3. The zero-order valence-electron chi connectivity index (χ0n) is 17.0. The summed E-state index contributed by atoms with van der Waals surface area (Å²) in [4.78, 5) is 27.0. The molecule has 2 fully saturated rings. The number of nitrogens with one attached hydrogen (secondary N) is 1. The molecule has 2 saturated heterocycles. The highest BCUT2D eigenvalue weighted by Gasteiger charge is 2.40. The van der Waals surface area contributed by atoms with Crippen molar-refractivity contribution in [1.29, 1.82) is 0 Å². The number of fused-ring (bicyclic) bond motifs is 1. The molecule has 2 aliphatic heterocycles. The molecule has 0 aliphatic carbocycles. The second-order valence-corrected chi connectivity index (χ2v) is 8.68. The Morgan fingerprint density at radius 2 is 1.93 bits per heavy atom. The minimum Gasteiger partial charge on any atom is -0.389 e. The predicted octanol–water partition coefficient (Wildman–Crippen LogP) is 2.66. The Hall–Kier alpha value is -1.38. The molecule has 2 heterocycles. The van der Waals surface area contributed by atoms with Gasteiger partial charge >= 0.3 is 0 Å². The summed E-state index contributed by atoms with van der Waals surface area (Å²) in [5.41, 5.74) is 0.362. The third-order valence-electron chi connectivity index (χ3n) is 5.34. The summed E-state index contributed by atoms with van der Waals surface area (Å²) >= 11 is 12.1. The highest BCUT2D eigenvalue weighted by atomic mass is 35.5. The summed E-state index contributed by atoms with van der Waals surface area (Å²) in [6, 6.07) is 4.42. The highest BCUT2D eigenvalue weighted by Crippen LogP contribution is 2.29. The van der Waals surface area contributed by atoms with Gasteiger partial charge in [-0.25, -0.2) is 0 Å². The van der Waals surface area contributed by atoms with E-state index in [1.807, 2.05) is 6.92 Å². The Morgan fingerprint density at radius 1 is 1.20 bits per heavy atom. The van der Waals surface area contributed by atoms with Crippen LogP contribution < -0.4 is 5.32 Å². The van der Waals surface area contributed by atoms with Crippen LogP contribution in [0.4, 0.5) is 0 Å². The Balaban J connectivity index is 1.75. The number of rotatable bonds is 5. The molecule has 1 aromatic carbocycles. The maximum absolute atomic E-state index is 13.3. The van der Waals surface area contributed by atoms with Gasteiger partial charge < -0.3 is 24.8 Å². The normalized spacial score (nSPS) is 27.0. The number of hydrogen-bond acceptors (Lipinski definition) is 5. The molecule has 0 unspecified atom stereocenters. The molecule has 4 atom stereocenters. The largest absolute Gasteiger partial charge is 0.389 e. The number of nitrogens with zero attached hydrogens (tertiary/aromatic N) is 1. The zero-order chi connectivity index (χ0) is 21.7. The minimum absolute atomic E-state index is 0.0380. The van der Waals surface area contributed by atoms with Crippen LogP contribution in [0, 0.1) is 0 Å². The number of aliphatic hydroxyl groups is 1.